The second-order valence-electron chi connectivity index (χ2n) is 6.68. The quantitative estimate of drug-likeness (QED) is 0.553. The smallest absolute Gasteiger partial charge is 0.182 e. The zero-order chi connectivity index (χ0) is 17.6. The Labute approximate surface area is 147 Å². The fraction of sp³-hybridized carbons (Fsp3) is 0.350. The van der Waals surface area contributed by atoms with Gasteiger partial charge in [-0.05, 0) is 38.3 Å². The zero-order valence-electron chi connectivity index (χ0n) is 15.2. The van der Waals surface area contributed by atoms with E-state index in [0.29, 0.717) is 0 Å². The monoisotopic (exact) mass is 333 g/mol. The van der Waals surface area contributed by atoms with Crippen LogP contribution in [0.1, 0.15) is 36.6 Å². The van der Waals surface area contributed by atoms with Crippen LogP contribution in [0.15, 0.2) is 30.6 Å². The Bertz CT molecular complexity index is 1070. The van der Waals surface area contributed by atoms with Gasteiger partial charge in [-0.15, -0.1) is 5.10 Å². The molecule has 0 aliphatic carbocycles. The molecule has 5 heteroatoms. The largest absolute Gasteiger partial charge is 0.329 e. The molecule has 0 unspecified atom stereocenters. The molecule has 0 aliphatic rings. The molecule has 0 N–H and O–H groups in total. The summed E-state index contributed by atoms with van der Waals surface area (Å²) in [7, 11) is 0. The zero-order valence-corrected chi connectivity index (χ0v) is 15.2. The van der Waals surface area contributed by atoms with Crippen molar-refractivity contribution in [2.45, 2.75) is 47.1 Å². The van der Waals surface area contributed by atoms with Crippen LogP contribution in [0.3, 0.4) is 0 Å². The molecule has 3 aromatic heterocycles. The lowest BCUT2D eigenvalue weighted by Crippen LogP contribution is -2.01. The Balaban J connectivity index is 1.97. The standard InChI is InChI=1S/C20H23N5/c1-5-6-11-24-15(4)14(3)17-19(24)21-12-25-20(17)22-18(23-25)16-10-8-7-9-13(16)2/h7-10,12H,5-6,11H2,1-4H3. The van der Waals surface area contributed by atoms with Gasteiger partial charge in [-0.3, -0.25) is 0 Å². The van der Waals surface area contributed by atoms with Crippen molar-refractivity contribution in [3.8, 4) is 11.4 Å². The topological polar surface area (TPSA) is 48.0 Å². The van der Waals surface area contributed by atoms with Gasteiger partial charge in [-0.1, -0.05) is 37.6 Å². The van der Waals surface area contributed by atoms with Crippen molar-refractivity contribution in [2.24, 2.45) is 0 Å². The summed E-state index contributed by atoms with van der Waals surface area (Å²) in [6.45, 7) is 9.62. The summed E-state index contributed by atoms with van der Waals surface area (Å²) in [6, 6.07) is 8.22. The van der Waals surface area contributed by atoms with Gasteiger partial charge in [0.15, 0.2) is 11.5 Å². The molecular weight excluding hydrogens is 310 g/mol. The van der Waals surface area contributed by atoms with Crippen LogP contribution in [-0.4, -0.2) is 24.1 Å². The summed E-state index contributed by atoms with van der Waals surface area (Å²) >= 11 is 0. The van der Waals surface area contributed by atoms with Crippen molar-refractivity contribution in [1.29, 1.82) is 0 Å². The molecule has 1 aromatic carbocycles. The molecular formula is C20H23N5. The van der Waals surface area contributed by atoms with Gasteiger partial charge in [0.2, 0.25) is 0 Å². The maximum absolute atomic E-state index is 4.87. The minimum Gasteiger partial charge on any atom is -0.329 e. The Kier molecular flexibility index (Phi) is 3.79. The average Bonchev–Trinajstić information content (AvgIpc) is 3.14. The third kappa shape index (κ3) is 2.42. The van der Waals surface area contributed by atoms with E-state index in [4.69, 9.17) is 9.97 Å². The second kappa shape index (κ2) is 5.99. The predicted octanol–water partition coefficient (Wildman–Crippen LogP) is 4.47. The molecule has 0 saturated heterocycles. The molecule has 3 heterocycles. The number of aryl methyl sites for hydroxylation is 3. The van der Waals surface area contributed by atoms with Crippen LogP contribution in [0.25, 0.3) is 28.1 Å². The number of benzene rings is 1. The number of hydrogen-bond donors (Lipinski definition) is 0. The van der Waals surface area contributed by atoms with Crippen LogP contribution in [0.2, 0.25) is 0 Å². The highest BCUT2D eigenvalue weighted by molar-refractivity contribution is 5.94. The average molecular weight is 333 g/mol. The molecule has 0 saturated carbocycles. The Hall–Kier alpha value is -2.69. The molecule has 4 rings (SSSR count). The van der Waals surface area contributed by atoms with Crippen molar-refractivity contribution in [2.75, 3.05) is 0 Å². The maximum atomic E-state index is 4.87. The molecule has 0 bridgehead atoms. The second-order valence-corrected chi connectivity index (χ2v) is 6.68. The first-order chi connectivity index (χ1) is 12.1. The fourth-order valence-electron chi connectivity index (χ4n) is 3.46. The van der Waals surface area contributed by atoms with Gasteiger partial charge in [0.25, 0.3) is 0 Å². The molecule has 0 radical (unpaired) electrons. The van der Waals surface area contributed by atoms with Crippen LogP contribution in [-0.2, 0) is 6.54 Å². The number of nitrogens with zero attached hydrogens (tertiary/aromatic N) is 5. The third-order valence-corrected chi connectivity index (χ3v) is 5.07. The van der Waals surface area contributed by atoms with Gasteiger partial charge >= 0.3 is 0 Å². The van der Waals surface area contributed by atoms with Crippen LogP contribution in [0, 0.1) is 20.8 Å². The highest BCUT2D eigenvalue weighted by Crippen LogP contribution is 2.29. The van der Waals surface area contributed by atoms with E-state index in [0.717, 1.165) is 41.0 Å². The van der Waals surface area contributed by atoms with E-state index < -0.39 is 0 Å². The Morgan fingerprint density at radius 1 is 1.04 bits per heavy atom. The van der Waals surface area contributed by atoms with Crippen molar-refractivity contribution in [1.82, 2.24) is 24.1 Å². The van der Waals surface area contributed by atoms with Crippen molar-refractivity contribution < 1.29 is 0 Å². The van der Waals surface area contributed by atoms with Gasteiger partial charge in [0, 0.05) is 17.8 Å². The maximum Gasteiger partial charge on any atom is 0.182 e. The Morgan fingerprint density at radius 2 is 1.84 bits per heavy atom. The number of rotatable bonds is 4. The van der Waals surface area contributed by atoms with E-state index in [1.807, 2.05) is 12.1 Å². The van der Waals surface area contributed by atoms with E-state index in [1.54, 1.807) is 10.8 Å². The first kappa shape index (κ1) is 15.8. The Morgan fingerprint density at radius 3 is 2.60 bits per heavy atom. The van der Waals surface area contributed by atoms with E-state index in [2.05, 4.69) is 49.5 Å². The number of fused-ring (bicyclic) bond motifs is 3. The number of hydrogen-bond acceptors (Lipinski definition) is 3. The van der Waals surface area contributed by atoms with Gasteiger partial charge in [0.1, 0.15) is 12.0 Å². The van der Waals surface area contributed by atoms with E-state index in [9.17, 15) is 0 Å². The molecule has 0 atom stereocenters. The number of aromatic nitrogens is 5. The van der Waals surface area contributed by atoms with Crippen molar-refractivity contribution in [3.05, 3.63) is 47.4 Å². The molecule has 4 aromatic rings. The first-order valence-corrected chi connectivity index (χ1v) is 8.88. The molecule has 0 spiro atoms. The third-order valence-electron chi connectivity index (χ3n) is 5.07. The SMILES string of the molecule is CCCCn1c(C)c(C)c2c1ncn1nc(-c3ccccc3C)nc21. The van der Waals surface area contributed by atoms with Gasteiger partial charge in [-0.2, -0.15) is 0 Å². The molecule has 5 nitrogen and oxygen atoms in total. The minimum absolute atomic E-state index is 0.755. The van der Waals surface area contributed by atoms with Crippen molar-refractivity contribution in [3.63, 3.8) is 0 Å². The van der Waals surface area contributed by atoms with Gasteiger partial charge in [0.05, 0.1) is 5.39 Å². The summed E-state index contributed by atoms with van der Waals surface area (Å²) in [6.07, 6.45) is 4.11. The predicted molar refractivity (Wildman–Crippen MR) is 101 cm³/mol. The van der Waals surface area contributed by atoms with Crippen LogP contribution in [0.4, 0.5) is 0 Å². The van der Waals surface area contributed by atoms with E-state index in [1.165, 1.54) is 23.2 Å². The number of unbranched alkanes of at least 4 members (excludes halogenated alkanes) is 1. The lowest BCUT2D eigenvalue weighted by Gasteiger charge is -2.06. The summed E-state index contributed by atoms with van der Waals surface area (Å²) < 4.78 is 4.12. The van der Waals surface area contributed by atoms with Gasteiger partial charge in [-0.25, -0.2) is 14.5 Å². The normalized spacial score (nSPS) is 11.7. The lowest BCUT2D eigenvalue weighted by molar-refractivity contribution is 0.631. The van der Waals surface area contributed by atoms with Crippen LogP contribution in [0.5, 0.6) is 0 Å². The summed E-state index contributed by atoms with van der Waals surface area (Å²) in [4.78, 5) is 9.56. The molecule has 25 heavy (non-hydrogen) atoms. The molecule has 128 valence electrons. The molecule has 0 amide bonds. The van der Waals surface area contributed by atoms with E-state index >= 15 is 0 Å². The van der Waals surface area contributed by atoms with Crippen LogP contribution < -0.4 is 0 Å². The molecule has 0 aliphatic heterocycles. The van der Waals surface area contributed by atoms with E-state index in [-0.39, 0.29) is 0 Å². The highest BCUT2D eigenvalue weighted by atomic mass is 15.3. The minimum atomic E-state index is 0.755. The lowest BCUT2D eigenvalue weighted by atomic mass is 10.1. The summed E-state index contributed by atoms with van der Waals surface area (Å²) in [5.41, 5.74) is 6.66. The fourth-order valence-corrected chi connectivity index (χ4v) is 3.46. The van der Waals surface area contributed by atoms with Crippen molar-refractivity contribution >= 4 is 16.7 Å². The summed E-state index contributed by atoms with van der Waals surface area (Å²) in [5, 5.41) is 5.78. The van der Waals surface area contributed by atoms with Crippen LogP contribution >= 0.6 is 0 Å². The highest BCUT2D eigenvalue weighted by Gasteiger charge is 2.18. The molecule has 0 fully saturated rings. The first-order valence-electron chi connectivity index (χ1n) is 8.88. The van der Waals surface area contributed by atoms with Gasteiger partial charge < -0.3 is 4.57 Å². The summed E-state index contributed by atoms with van der Waals surface area (Å²) in [5.74, 6) is 0.755.